The minimum Gasteiger partial charge on any atom is -0.348 e. The lowest BCUT2D eigenvalue weighted by Crippen LogP contribution is -2.22. The molecule has 2 nitrogen and oxygen atoms in total. The Morgan fingerprint density at radius 1 is 1.12 bits per heavy atom. The Morgan fingerprint density at radius 2 is 1.88 bits per heavy atom. The molecule has 3 atom stereocenters. The first kappa shape index (κ1) is 11.7. The van der Waals surface area contributed by atoms with E-state index in [0.717, 1.165) is 17.8 Å². The summed E-state index contributed by atoms with van der Waals surface area (Å²) in [6.45, 7) is 4.00. The van der Waals surface area contributed by atoms with Gasteiger partial charge in [0.05, 0.1) is 6.33 Å². The molecule has 1 N–H and O–H groups in total. The highest BCUT2D eigenvalue weighted by molar-refractivity contribution is 5.09. The van der Waals surface area contributed by atoms with Crippen molar-refractivity contribution >= 4 is 0 Å². The number of nitrogens with zero attached hydrogens (tertiary/aromatic N) is 1. The summed E-state index contributed by atoms with van der Waals surface area (Å²) < 4.78 is 0. The number of aromatic nitrogens is 2. The van der Waals surface area contributed by atoms with Crippen molar-refractivity contribution in [2.75, 3.05) is 0 Å². The second kappa shape index (κ2) is 5.51. The first-order valence-corrected chi connectivity index (χ1v) is 6.93. The lowest BCUT2D eigenvalue weighted by atomic mass is 9.73. The van der Waals surface area contributed by atoms with E-state index in [1.165, 1.54) is 44.2 Å². The second-order valence-corrected chi connectivity index (χ2v) is 4.90. The van der Waals surface area contributed by atoms with Gasteiger partial charge < -0.3 is 4.98 Å². The van der Waals surface area contributed by atoms with Crippen molar-refractivity contribution in [3.63, 3.8) is 0 Å². The number of H-pyrrole nitrogens is 1. The Morgan fingerprint density at radius 3 is 2.56 bits per heavy atom. The van der Waals surface area contributed by atoms with E-state index < -0.39 is 0 Å². The molecule has 1 heterocycles. The molecular weight excluding hydrogens is 196 g/mol. The van der Waals surface area contributed by atoms with Crippen molar-refractivity contribution in [3.05, 3.63) is 18.2 Å². The number of imidazole rings is 1. The molecule has 0 bridgehead atoms. The molecule has 2 saturated carbocycles. The van der Waals surface area contributed by atoms with Crippen LogP contribution in [0.2, 0.25) is 0 Å². The van der Waals surface area contributed by atoms with Crippen LogP contribution in [0.5, 0.6) is 0 Å². The molecule has 0 radical (unpaired) electrons. The topological polar surface area (TPSA) is 28.7 Å². The van der Waals surface area contributed by atoms with Crippen LogP contribution in [0.3, 0.4) is 0 Å². The molecule has 1 aromatic heterocycles. The fraction of sp³-hybridized carbons (Fsp3) is 0.786. The van der Waals surface area contributed by atoms with Gasteiger partial charge in [0.25, 0.3) is 0 Å². The maximum absolute atomic E-state index is 4.16. The van der Waals surface area contributed by atoms with Crippen molar-refractivity contribution in [2.45, 2.75) is 58.3 Å². The molecule has 2 fully saturated rings. The first-order chi connectivity index (χ1) is 7.95. The zero-order valence-corrected chi connectivity index (χ0v) is 10.6. The maximum Gasteiger partial charge on any atom is 0.0921 e. The van der Waals surface area contributed by atoms with Crippen LogP contribution in [-0.2, 0) is 0 Å². The maximum atomic E-state index is 4.16. The molecule has 0 spiro atoms. The van der Waals surface area contributed by atoms with Gasteiger partial charge in [0, 0.05) is 17.8 Å². The van der Waals surface area contributed by atoms with E-state index in [-0.39, 0.29) is 0 Å². The van der Waals surface area contributed by atoms with E-state index >= 15 is 0 Å². The summed E-state index contributed by atoms with van der Waals surface area (Å²) in [5.74, 6) is 2.78. The summed E-state index contributed by atoms with van der Waals surface area (Å²) in [5.41, 5.74) is 1.39. The zero-order valence-electron chi connectivity index (χ0n) is 10.6. The summed E-state index contributed by atoms with van der Waals surface area (Å²) >= 11 is 0. The van der Waals surface area contributed by atoms with E-state index in [0.29, 0.717) is 0 Å². The highest BCUT2D eigenvalue weighted by Crippen LogP contribution is 2.48. The number of hydrogen-bond acceptors (Lipinski definition) is 1. The average molecular weight is 220 g/mol. The minimum atomic E-state index is 0.791. The van der Waals surface area contributed by atoms with E-state index in [1.54, 1.807) is 0 Å². The van der Waals surface area contributed by atoms with Crippen molar-refractivity contribution in [2.24, 2.45) is 11.8 Å². The summed E-state index contributed by atoms with van der Waals surface area (Å²) in [6.07, 6.45) is 12.5. The summed E-state index contributed by atoms with van der Waals surface area (Å²) in [7, 11) is 0. The molecular formula is C14H24N2. The smallest absolute Gasteiger partial charge is 0.0921 e. The van der Waals surface area contributed by atoms with Crippen LogP contribution in [0.1, 0.15) is 64.0 Å². The molecule has 1 aromatic rings. The van der Waals surface area contributed by atoms with Gasteiger partial charge in [0.1, 0.15) is 0 Å². The van der Waals surface area contributed by atoms with Crippen LogP contribution in [0.25, 0.3) is 0 Å². The van der Waals surface area contributed by atoms with Crippen molar-refractivity contribution in [1.29, 1.82) is 0 Å². The molecule has 0 amide bonds. The molecule has 3 unspecified atom stereocenters. The van der Waals surface area contributed by atoms with E-state index in [2.05, 4.69) is 9.97 Å². The summed E-state index contributed by atoms with van der Waals surface area (Å²) in [5, 5.41) is 0. The van der Waals surface area contributed by atoms with E-state index in [1.807, 2.05) is 26.4 Å². The third-order valence-electron chi connectivity index (χ3n) is 4.24. The van der Waals surface area contributed by atoms with Gasteiger partial charge in [-0.3, -0.25) is 0 Å². The average Bonchev–Trinajstić information content (AvgIpc) is 3.02. The zero-order chi connectivity index (χ0) is 11.4. The van der Waals surface area contributed by atoms with Crippen molar-refractivity contribution in [3.8, 4) is 0 Å². The Labute approximate surface area is 98.9 Å². The summed E-state index contributed by atoms with van der Waals surface area (Å²) in [6, 6.07) is 0. The van der Waals surface area contributed by atoms with Gasteiger partial charge >= 0.3 is 0 Å². The van der Waals surface area contributed by atoms with Crippen LogP contribution in [0.4, 0.5) is 0 Å². The van der Waals surface area contributed by atoms with E-state index in [4.69, 9.17) is 0 Å². The molecule has 2 heteroatoms. The molecule has 3 rings (SSSR count). The predicted octanol–water partition coefficient (Wildman–Crippen LogP) is 4.12. The lowest BCUT2D eigenvalue weighted by Gasteiger charge is -2.33. The SMILES string of the molecule is CC.c1ncc(C2CCCC3CCCC32)[nH]1. The van der Waals surface area contributed by atoms with E-state index in [9.17, 15) is 0 Å². The number of fused-ring (bicyclic) bond motifs is 1. The number of rotatable bonds is 1. The van der Waals surface area contributed by atoms with Crippen molar-refractivity contribution < 1.29 is 0 Å². The van der Waals surface area contributed by atoms with Gasteiger partial charge in [-0.15, -0.1) is 0 Å². The monoisotopic (exact) mass is 220 g/mol. The number of hydrogen-bond donors (Lipinski definition) is 1. The van der Waals surface area contributed by atoms with Gasteiger partial charge in [-0.2, -0.15) is 0 Å². The molecule has 0 saturated heterocycles. The second-order valence-electron chi connectivity index (χ2n) is 4.90. The van der Waals surface area contributed by atoms with Crippen molar-refractivity contribution in [1.82, 2.24) is 9.97 Å². The third-order valence-corrected chi connectivity index (χ3v) is 4.24. The summed E-state index contributed by atoms with van der Waals surface area (Å²) in [4.78, 5) is 7.46. The third kappa shape index (κ3) is 2.16. The quantitative estimate of drug-likeness (QED) is 0.757. The number of nitrogens with one attached hydrogen (secondary N) is 1. The molecule has 0 aliphatic heterocycles. The highest BCUT2D eigenvalue weighted by atomic mass is 14.9. The first-order valence-electron chi connectivity index (χ1n) is 6.93. The normalized spacial score (nSPS) is 32.8. The van der Waals surface area contributed by atoms with Crippen LogP contribution < -0.4 is 0 Å². The lowest BCUT2D eigenvalue weighted by molar-refractivity contribution is 0.235. The molecule has 90 valence electrons. The minimum absolute atomic E-state index is 0.791. The standard InChI is InChI=1S/C12H18N2.C2H6/c1-3-9-4-2-6-11(10(9)5-1)12-7-13-8-14-12;1-2/h7-11H,1-6H2,(H,13,14);1-2H3. The van der Waals surface area contributed by atoms with Crippen LogP contribution in [-0.4, -0.2) is 9.97 Å². The Bertz CT molecular complexity index is 292. The van der Waals surface area contributed by atoms with Gasteiger partial charge in [0.15, 0.2) is 0 Å². The van der Waals surface area contributed by atoms with Crippen LogP contribution >= 0.6 is 0 Å². The molecule has 2 aliphatic carbocycles. The fourth-order valence-electron chi connectivity index (χ4n) is 3.62. The Balaban J connectivity index is 0.000000457. The number of aromatic amines is 1. The molecule has 0 aromatic carbocycles. The van der Waals surface area contributed by atoms with Crippen LogP contribution in [0.15, 0.2) is 12.5 Å². The van der Waals surface area contributed by atoms with Gasteiger partial charge in [-0.1, -0.05) is 39.5 Å². The Kier molecular flexibility index (Phi) is 4.03. The molecule has 2 aliphatic rings. The van der Waals surface area contributed by atoms with Gasteiger partial charge in [0.2, 0.25) is 0 Å². The Hall–Kier alpha value is -0.790. The van der Waals surface area contributed by atoms with Crippen LogP contribution in [0, 0.1) is 11.8 Å². The molecule has 16 heavy (non-hydrogen) atoms. The van der Waals surface area contributed by atoms with Gasteiger partial charge in [-0.05, 0) is 24.7 Å². The van der Waals surface area contributed by atoms with Gasteiger partial charge in [-0.25, -0.2) is 4.98 Å². The predicted molar refractivity (Wildman–Crippen MR) is 67.4 cm³/mol. The fourth-order valence-corrected chi connectivity index (χ4v) is 3.62. The largest absolute Gasteiger partial charge is 0.348 e. The highest BCUT2D eigenvalue weighted by Gasteiger charge is 2.37.